The van der Waals surface area contributed by atoms with Gasteiger partial charge in [-0.1, -0.05) is 0 Å². The average molecular weight is 259 g/mol. The zero-order chi connectivity index (χ0) is 13.0. The molecular formula is C9H8F3N5O. The van der Waals surface area contributed by atoms with Gasteiger partial charge in [-0.05, 0) is 0 Å². The number of rotatable bonds is 4. The summed E-state index contributed by atoms with van der Waals surface area (Å²) in [6, 6.07) is 0. The van der Waals surface area contributed by atoms with Crippen LogP contribution in [-0.2, 0) is 6.54 Å². The molecule has 18 heavy (non-hydrogen) atoms. The largest absolute Gasteiger partial charge is 0.574 e. The van der Waals surface area contributed by atoms with Crippen molar-refractivity contribution in [1.29, 1.82) is 0 Å². The number of halogens is 3. The number of hydrogen-bond donors (Lipinski definition) is 2. The molecule has 9 heteroatoms. The summed E-state index contributed by atoms with van der Waals surface area (Å²) >= 11 is 0. The van der Waals surface area contributed by atoms with Crippen LogP contribution in [0.25, 0.3) is 0 Å². The van der Waals surface area contributed by atoms with E-state index in [9.17, 15) is 13.2 Å². The lowest BCUT2D eigenvalue weighted by Crippen LogP contribution is -2.18. The van der Waals surface area contributed by atoms with Gasteiger partial charge in [-0.2, -0.15) is 0 Å². The SMILES string of the molecule is FC(F)(F)Oc1cnc(NCc2ncc[nH]2)cn1. The molecule has 2 aromatic heterocycles. The van der Waals surface area contributed by atoms with Crippen molar-refractivity contribution in [2.24, 2.45) is 0 Å². The molecule has 0 aliphatic carbocycles. The fourth-order valence-corrected chi connectivity index (χ4v) is 1.15. The van der Waals surface area contributed by atoms with E-state index in [0.717, 1.165) is 12.4 Å². The molecule has 0 spiro atoms. The van der Waals surface area contributed by atoms with Crippen LogP contribution < -0.4 is 10.1 Å². The molecular weight excluding hydrogens is 251 g/mol. The van der Waals surface area contributed by atoms with Crippen molar-refractivity contribution in [3.8, 4) is 5.88 Å². The number of anilines is 1. The first kappa shape index (κ1) is 12.1. The highest BCUT2D eigenvalue weighted by Crippen LogP contribution is 2.20. The Morgan fingerprint density at radius 2 is 2.06 bits per heavy atom. The second kappa shape index (κ2) is 4.90. The van der Waals surface area contributed by atoms with Crippen LogP contribution in [0.4, 0.5) is 19.0 Å². The molecule has 0 atom stereocenters. The number of imidazole rings is 1. The van der Waals surface area contributed by atoms with Crippen molar-refractivity contribution in [2.75, 3.05) is 5.32 Å². The summed E-state index contributed by atoms with van der Waals surface area (Å²) in [6.45, 7) is 0.362. The van der Waals surface area contributed by atoms with E-state index in [1.54, 1.807) is 12.4 Å². The number of aromatic nitrogens is 4. The number of nitrogens with one attached hydrogen (secondary N) is 2. The molecule has 96 valence electrons. The molecule has 2 aromatic rings. The van der Waals surface area contributed by atoms with Gasteiger partial charge in [-0.25, -0.2) is 15.0 Å². The maximum Gasteiger partial charge on any atom is 0.574 e. The molecule has 2 heterocycles. The summed E-state index contributed by atoms with van der Waals surface area (Å²) in [5.74, 6) is 0.388. The smallest absolute Gasteiger partial charge is 0.386 e. The summed E-state index contributed by atoms with van der Waals surface area (Å²) in [4.78, 5) is 14.0. The Bertz CT molecular complexity index is 482. The van der Waals surface area contributed by atoms with Gasteiger partial charge in [-0.3, -0.25) is 0 Å². The molecule has 0 unspecified atom stereocenters. The van der Waals surface area contributed by atoms with Crippen molar-refractivity contribution in [2.45, 2.75) is 12.9 Å². The van der Waals surface area contributed by atoms with E-state index in [1.165, 1.54) is 0 Å². The number of alkyl halides is 3. The van der Waals surface area contributed by atoms with Gasteiger partial charge in [0.1, 0.15) is 11.6 Å². The Balaban J connectivity index is 1.91. The first-order valence-corrected chi connectivity index (χ1v) is 4.83. The number of nitrogens with zero attached hydrogens (tertiary/aromatic N) is 3. The van der Waals surface area contributed by atoms with Crippen molar-refractivity contribution in [1.82, 2.24) is 19.9 Å². The maximum atomic E-state index is 11.9. The van der Waals surface area contributed by atoms with Gasteiger partial charge in [0.05, 0.1) is 18.9 Å². The van der Waals surface area contributed by atoms with Crippen molar-refractivity contribution in [3.63, 3.8) is 0 Å². The van der Waals surface area contributed by atoms with E-state index in [2.05, 4.69) is 30.0 Å². The van der Waals surface area contributed by atoms with Gasteiger partial charge in [0.25, 0.3) is 0 Å². The van der Waals surface area contributed by atoms with E-state index in [1.807, 2.05) is 0 Å². The van der Waals surface area contributed by atoms with E-state index in [0.29, 0.717) is 18.2 Å². The third-order valence-electron chi connectivity index (χ3n) is 1.84. The molecule has 0 saturated heterocycles. The predicted molar refractivity (Wildman–Crippen MR) is 54.6 cm³/mol. The van der Waals surface area contributed by atoms with Crippen molar-refractivity contribution in [3.05, 3.63) is 30.6 Å². The Morgan fingerprint density at radius 1 is 1.22 bits per heavy atom. The normalized spacial score (nSPS) is 11.3. The first-order chi connectivity index (χ1) is 8.53. The fraction of sp³-hybridized carbons (Fsp3) is 0.222. The Hall–Kier alpha value is -2.32. The van der Waals surface area contributed by atoms with Crippen LogP contribution in [0.3, 0.4) is 0 Å². The zero-order valence-corrected chi connectivity index (χ0v) is 8.90. The average Bonchev–Trinajstić information content (AvgIpc) is 2.79. The molecule has 2 N–H and O–H groups in total. The van der Waals surface area contributed by atoms with Gasteiger partial charge in [0.2, 0.25) is 5.88 Å². The van der Waals surface area contributed by atoms with E-state index < -0.39 is 12.2 Å². The molecule has 0 saturated carbocycles. The van der Waals surface area contributed by atoms with Crippen LogP contribution in [0.1, 0.15) is 5.82 Å². The van der Waals surface area contributed by atoms with Crippen LogP contribution >= 0.6 is 0 Å². The van der Waals surface area contributed by atoms with Gasteiger partial charge in [0.15, 0.2) is 0 Å². The van der Waals surface area contributed by atoms with Crippen LogP contribution in [0.15, 0.2) is 24.8 Å². The van der Waals surface area contributed by atoms with Crippen LogP contribution in [0.5, 0.6) is 5.88 Å². The van der Waals surface area contributed by atoms with Crippen LogP contribution in [0.2, 0.25) is 0 Å². The second-order valence-electron chi connectivity index (χ2n) is 3.18. The third-order valence-corrected chi connectivity index (χ3v) is 1.84. The third kappa shape index (κ3) is 3.61. The second-order valence-corrected chi connectivity index (χ2v) is 3.18. The molecule has 0 aliphatic heterocycles. The molecule has 0 bridgehead atoms. The highest BCUT2D eigenvalue weighted by Gasteiger charge is 2.31. The summed E-state index contributed by atoms with van der Waals surface area (Å²) in [6.07, 6.45) is 0.506. The molecule has 6 nitrogen and oxygen atoms in total. The minimum Gasteiger partial charge on any atom is -0.386 e. The van der Waals surface area contributed by atoms with E-state index in [-0.39, 0.29) is 0 Å². The first-order valence-electron chi connectivity index (χ1n) is 4.83. The Kier molecular flexibility index (Phi) is 3.31. The molecule has 2 rings (SSSR count). The quantitative estimate of drug-likeness (QED) is 0.874. The number of ether oxygens (including phenoxy) is 1. The summed E-state index contributed by atoms with van der Waals surface area (Å²) in [5, 5.41) is 2.83. The molecule has 0 amide bonds. The minimum absolute atomic E-state index is 0.320. The zero-order valence-electron chi connectivity index (χ0n) is 8.90. The van der Waals surface area contributed by atoms with Crippen molar-refractivity contribution < 1.29 is 17.9 Å². The summed E-state index contributed by atoms with van der Waals surface area (Å²) < 4.78 is 39.2. The fourth-order valence-electron chi connectivity index (χ4n) is 1.15. The standard InChI is InChI=1S/C9H8F3N5O/c10-9(11,12)18-8-5-16-7(4-17-8)15-3-6-13-1-2-14-6/h1-2,4-5H,3H2,(H,13,14)(H,15,16). The molecule has 0 aliphatic rings. The highest BCUT2D eigenvalue weighted by atomic mass is 19.4. The number of H-pyrrole nitrogens is 1. The highest BCUT2D eigenvalue weighted by molar-refractivity contribution is 5.32. The van der Waals surface area contributed by atoms with Gasteiger partial charge >= 0.3 is 6.36 Å². The van der Waals surface area contributed by atoms with Crippen LogP contribution in [-0.4, -0.2) is 26.3 Å². The Labute approximate surface area is 99.2 Å². The summed E-state index contributed by atoms with van der Waals surface area (Å²) in [7, 11) is 0. The lowest BCUT2D eigenvalue weighted by Gasteiger charge is -2.08. The van der Waals surface area contributed by atoms with Gasteiger partial charge in [-0.15, -0.1) is 13.2 Å². The number of hydrogen-bond acceptors (Lipinski definition) is 5. The molecule has 0 aromatic carbocycles. The maximum absolute atomic E-state index is 11.9. The topological polar surface area (TPSA) is 75.7 Å². The van der Waals surface area contributed by atoms with Crippen molar-refractivity contribution >= 4 is 5.82 Å². The minimum atomic E-state index is -4.77. The molecule has 0 radical (unpaired) electrons. The summed E-state index contributed by atoms with van der Waals surface area (Å²) in [5.41, 5.74) is 0. The van der Waals surface area contributed by atoms with Gasteiger partial charge in [0, 0.05) is 12.4 Å². The van der Waals surface area contributed by atoms with E-state index in [4.69, 9.17) is 0 Å². The van der Waals surface area contributed by atoms with Crippen LogP contribution in [0, 0.1) is 0 Å². The monoisotopic (exact) mass is 259 g/mol. The predicted octanol–water partition coefficient (Wildman–Crippen LogP) is 1.71. The van der Waals surface area contributed by atoms with E-state index >= 15 is 0 Å². The number of aromatic amines is 1. The molecule has 0 fully saturated rings. The lowest BCUT2D eigenvalue weighted by atomic mass is 10.5. The Morgan fingerprint density at radius 3 is 2.61 bits per heavy atom. The lowest BCUT2D eigenvalue weighted by molar-refractivity contribution is -0.276. The van der Waals surface area contributed by atoms with Gasteiger partial charge < -0.3 is 15.0 Å².